The first kappa shape index (κ1) is 22.3. The van der Waals surface area contributed by atoms with Crippen molar-refractivity contribution in [2.45, 2.75) is 39.8 Å². The lowest BCUT2D eigenvalue weighted by atomic mass is 10.1. The molecule has 0 radical (unpaired) electrons. The topological polar surface area (TPSA) is 99.7 Å². The average molecular weight is 450 g/mol. The molecule has 0 saturated heterocycles. The minimum Gasteiger partial charge on any atom is -0.493 e. The number of hydrogen-bond donors (Lipinski definition) is 1. The Bertz CT molecular complexity index is 1370. The van der Waals surface area contributed by atoms with Gasteiger partial charge < -0.3 is 14.8 Å². The molecule has 0 atom stereocenters. The van der Waals surface area contributed by atoms with Crippen molar-refractivity contribution in [1.82, 2.24) is 24.5 Å². The van der Waals surface area contributed by atoms with Gasteiger partial charge in [0.25, 0.3) is 0 Å². The zero-order valence-electron chi connectivity index (χ0n) is 19.2. The zero-order valence-corrected chi connectivity index (χ0v) is 19.2. The maximum absolute atomic E-state index is 13.3. The molecule has 0 aliphatic carbocycles. The second-order valence-electron chi connectivity index (χ2n) is 7.87. The van der Waals surface area contributed by atoms with Gasteiger partial charge in [-0.05, 0) is 25.0 Å². The Morgan fingerprint density at radius 2 is 1.79 bits per heavy atom. The number of aromatic nitrogens is 4. The lowest BCUT2D eigenvalue weighted by Crippen LogP contribution is -2.35. The largest absolute Gasteiger partial charge is 0.493 e. The van der Waals surface area contributed by atoms with Crippen molar-refractivity contribution >= 4 is 22.5 Å². The van der Waals surface area contributed by atoms with Crippen LogP contribution in [0.25, 0.3) is 16.6 Å². The maximum atomic E-state index is 13.3. The van der Waals surface area contributed by atoms with Crippen LogP contribution in [0, 0.1) is 6.92 Å². The molecule has 172 valence electrons. The summed E-state index contributed by atoms with van der Waals surface area (Å²) in [6.45, 7) is 4.23. The number of aryl methyl sites for hydroxylation is 2. The molecule has 0 bridgehead atoms. The van der Waals surface area contributed by atoms with Crippen LogP contribution in [0.4, 0.5) is 0 Å². The number of fused-ring (bicyclic) bond motifs is 3. The number of hydrogen-bond acceptors (Lipinski definition) is 6. The molecule has 4 aromatic rings. The van der Waals surface area contributed by atoms with E-state index in [2.05, 4.69) is 15.4 Å². The fourth-order valence-corrected chi connectivity index (χ4v) is 3.74. The molecule has 0 fully saturated rings. The molecule has 1 N–H and O–H groups in total. The number of nitrogens with one attached hydrogen (secondary N) is 1. The average Bonchev–Trinajstić information content (AvgIpc) is 3.25. The molecule has 9 heteroatoms. The molecule has 0 unspecified atom stereocenters. The summed E-state index contributed by atoms with van der Waals surface area (Å²) in [6.07, 6.45) is 1.49. The molecule has 2 aromatic carbocycles. The van der Waals surface area contributed by atoms with Crippen LogP contribution in [0.5, 0.6) is 11.5 Å². The number of amides is 1. The monoisotopic (exact) mass is 449 g/mol. The summed E-state index contributed by atoms with van der Waals surface area (Å²) >= 11 is 0. The predicted molar refractivity (Wildman–Crippen MR) is 125 cm³/mol. The Morgan fingerprint density at radius 3 is 2.45 bits per heavy atom. The highest BCUT2D eigenvalue weighted by Gasteiger charge is 2.19. The molecule has 9 nitrogen and oxygen atoms in total. The second-order valence-corrected chi connectivity index (χ2v) is 7.87. The Labute approximate surface area is 191 Å². The molecule has 4 rings (SSSR count). The van der Waals surface area contributed by atoms with Crippen LogP contribution in [-0.4, -0.2) is 39.3 Å². The molecular weight excluding hydrogens is 422 g/mol. The highest BCUT2D eigenvalue weighted by molar-refractivity contribution is 5.94. The summed E-state index contributed by atoms with van der Waals surface area (Å²) in [7, 11) is 3.07. The van der Waals surface area contributed by atoms with Gasteiger partial charge in [0.05, 0.1) is 19.7 Å². The summed E-state index contributed by atoms with van der Waals surface area (Å²) in [6, 6.07) is 11.4. The van der Waals surface area contributed by atoms with Crippen LogP contribution in [0.3, 0.4) is 0 Å². The number of benzene rings is 2. The van der Waals surface area contributed by atoms with Crippen molar-refractivity contribution in [2.24, 2.45) is 0 Å². The van der Waals surface area contributed by atoms with Crippen LogP contribution in [-0.2, 0) is 24.3 Å². The third-order valence-electron chi connectivity index (χ3n) is 5.48. The fraction of sp³-hybridized carbons (Fsp3) is 0.333. The van der Waals surface area contributed by atoms with E-state index in [1.54, 1.807) is 19.2 Å². The first-order valence-corrected chi connectivity index (χ1v) is 10.8. The highest BCUT2D eigenvalue weighted by Crippen LogP contribution is 2.33. The molecule has 1 amide bonds. The van der Waals surface area contributed by atoms with Crippen LogP contribution >= 0.6 is 0 Å². The molecule has 0 aliphatic heterocycles. The number of rotatable bonds is 8. The summed E-state index contributed by atoms with van der Waals surface area (Å²) < 4.78 is 13.5. The molecule has 33 heavy (non-hydrogen) atoms. The summed E-state index contributed by atoms with van der Waals surface area (Å²) in [4.78, 5) is 30.7. The quantitative estimate of drug-likeness (QED) is 0.444. The SMILES string of the molecule is CCCc1nc2c3cc(OC)c(OC)cc3n(CC(=O)NCc3ccc(C)cc3)c(=O)n2n1. The summed E-state index contributed by atoms with van der Waals surface area (Å²) in [5.41, 5.74) is 2.64. The van der Waals surface area contributed by atoms with Crippen molar-refractivity contribution in [3.8, 4) is 11.5 Å². The van der Waals surface area contributed by atoms with Gasteiger partial charge in [0.1, 0.15) is 6.54 Å². The van der Waals surface area contributed by atoms with Gasteiger partial charge >= 0.3 is 5.69 Å². The number of nitrogens with zero attached hydrogens (tertiary/aromatic N) is 4. The molecule has 0 aliphatic rings. The second kappa shape index (κ2) is 9.32. The maximum Gasteiger partial charge on any atom is 0.351 e. The minimum absolute atomic E-state index is 0.171. The van der Waals surface area contributed by atoms with Gasteiger partial charge in [0, 0.05) is 24.4 Å². The minimum atomic E-state index is -0.440. The first-order chi connectivity index (χ1) is 15.9. The third kappa shape index (κ3) is 4.39. The Kier molecular flexibility index (Phi) is 6.30. The standard InChI is InChI=1S/C24H27N5O4/c1-5-6-21-26-23-17-11-19(32-3)20(33-4)12-18(17)28(24(31)29(23)27-21)14-22(30)25-13-16-9-7-15(2)8-10-16/h7-12H,5-6,13-14H2,1-4H3,(H,25,30). The first-order valence-electron chi connectivity index (χ1n) is 10.8. The number of carbonyl (C=O) groups is 1. The molecular formula is C24H27N5O4. The Hall–Kier alpha value is -3.88. The van der Waals surface area contributed by atoms with Crippen molar-refractivity contribution < 1.29 is 14.3 Å². The van der Waals surface area contributed by atoms with E-state index in [1.165, 1.54) is 16.2 Å². The van der Waals surface area contributed by atoms with Gasteiger partial charge in [-0.25, -0.2) is 9.78 Å². The number of ether oxygens (including phenoxy) is 2. The third-order valence-corrected chi connectivity index (χ3v) is 5.48. The van der Waals surface area contributed by atoms with E-state index in [0.717, 1.165) is 17.5 Å². The van der Waals surface area contributed by atoms with Gasteiger partial charge in [-0.3, -0.25) is 9.36 Å². The smallest absolute Gasteiger partial charge is 0.351 e. The van der Waals surface area contributed by atoms with Crippen LogP contribution in [0.1, 0.15) is 30.3 Å². The number of methoxy groups -OCH3 is 2. The van der Waals surface area contributed by atoms with Crippen molar-refractivity contribution in [2.75, 3.05) is 14.2 Å². The summed E-state index contributed by atoms with van der Waals surface area (Å²) in [5, 5.41) is 7.92. The van der Waals surface area contributed by atoms with E-state index >= 15 is 0 Å². The van der Waals surface area contributed by atoms with E-state index < -0.39 is 5.69 Å². The van der Waals surface area contributed by atoms with Gasteiger partial charge in [0.2, 0.25) is 5.91 Å². The molecule has 2 aromatic heterocycles. The number of carbonyl (C=O) groups excluding carboxylic acids is 1. The Morgan fingerprint density at radius 1 is 1.09 bits per heavy atom. The zero-order chi connectivity index (χ0) is 23.5. The van der Waals surface area contributed by atoms with E-state index in [0.29, 0.717) is 46.8 Å². The van der Waals surface area contributed by atoms with Gasteiger partial charge in [-0.2, -0.15) is 4.52 Å². The van der Waals surface area contributed by atoms with E-state index in [1.807, 2.05) is 38.1 Å². The molecule has 0 saturated carbocycles. The Balaban J connectivity index is 1.77. The summed E-state index contributed by atoms with van der Waals surface area (Å²) in [5.74, 6) is 1.24. The lowest BCUT2D eigenvalue weighted by Gasteiger charge is -2.14. The van der Waals surface area contributed by atoms with Gasteiger partial charge in [-0.15, -0.1) is 5.10 Å². The van der Waals surface area contributed by atoms with Crippen molar-refractivity contribution in [3.05, 3.63) is 63.8 Å². The van der Waals surface area contributed by atoms with Crippen molar-refractivity contribution in [3.63, 3.8) is 0 Å². The molecule has 2 heterocycles. The van der Waals surface area contributed by atoms with Gasteiger partial charge in [0.15, 0.2) is 23.0 Å². The molecule has 0 spiro atoms. The van der Waals surface area contributed by atoms with Crippen molar-refractivity contribution in [1.29, 1.82) is 0 Å². The van der Waals surface area contributed by atoms with E-state index in [-0.39, 0.29) is 12.5 Å². The van der Waals surface area contributed by atoms with Crippen LogP contribution < -0.4 is 20.5 Å². The fourth-order valence-electron chi connectivity index (χ4n) is 3.74. The highest BCUT2D eigenvalue weighted by atomic mass is 16.5. The van der Waals surface area contributed by atoms with Crippen LogP contribution in [0.2, 0.25) is 0 Å². The lowest BCUT2D eigenvalue weighted by molar-refractivity contribution is -0.121. The predicted octanol–water partition coefficient (Wildman–Crippen LogP) is 2.64. The van der Waals surface area contributed by atoms with E-state index in [9.17, 15) is 9.59 Å². The van der Waals surface area contributed by atoms with Gasteiger partial charge in [-0.1, -0.05) is 36.8 Å². The normalized spacial score (nSPS) is 11.2. The van der Waals surface area contributed by atoms with E-state index in [4.69, 9.17) is 9.47 Å². The van der Waals surface area contributed by atoms with Crippen LogP contribution in [0.15, 0.2) is 41.2 Å².